The van der Waals surface area contributed by atoms with E-state index >= 15 is 0 Å². The van der Waals surface area contributed by atoms with Gasteiger partial charge in [-0.15, -0.1) is 0 Å². The van der Waals surface area contributed by atoms with Gasteiger partial charge in [-0.3, -0.25) is 4.79 Å². The number of nitrogens with one attached hydrogen (secondary N) is 1. The maximum Gasteiger partial charge on any atom is 0.275 e. The molecule has 0 radical (unpaired) electrons. The molecule has 4 nitrogen and oxygen atoms in total. The van der Waals surface area contributed by atoms with E-state index in [2.05, 4.69) is 10.3 Å². The minimum Gasteiger partial charge on any atom is -0.457 e. The third kappa shape index (κ3) is 3.09. The zero-order chi connectivity index (χ0) is 18.1. The van der Waals surface area contributed by atoms with Crippen LogP contribution in [0.2, 0.25) is 0 Å². The lowest BCUT2D eigenvalue weighted by Gasteiger charge is -2.06. The summed E-state index contributed by atoms with van der Waals surface area (Å²) in [7, 11) is 0. The van der Waals surface area contributed by atoms with Gasteiger partial charge in [-0.1, -0.05) is 30.3 Å². The summed E-state index contributed by atoms with van der Waals surface area (Å²) in [6, 6.07) is 21.1. The Morgan fingerprint density at radius 2 is 1.65 bits per heavy atom. The molecule has 1 aliphatic heterocycles. The van der Waals surface area contributed by atoms with Gasteiger partial charge in [-0.2, -0.15) is 0 Å². The second-order valence-corrected chi connectivity index (χ2v) is 6.32. The van der Waals surface area contributed by atoms with Crippen LogP contribution < -0.4 is 10.1 Å². The maximum absolute atomic E-state index is 12.3. The quantitative estimate of drug-likeness (QED) is 0.714. The van der Waals surface area contributed by atoms with Gasteiger partial charge in [0.1, 0.15) is 17.2 Å². The maximum atomic E-state index is 12.3. The van der Waals surface area contributed by atoms with E-state index in [1.807, 2.05) is 80.6 Å². The first-order valence-electron chi connectivity index (χ1n) is 8.45. The van der Waals surface area contributed by atoms with Crippen LogP contribution in [0, 0.1) is 13.8 Å². The minimum absolute atomic E-state index is 0.172. The van der Waals surface area contributed by atoms with Gasteiger partial charge in [-0.05, 0) is 61.4 Å². The Bertz CT molecular complexity index is 1020. The Labute approximate surface area is 152 Å². The molecule has 128 valence electrons. The van der Waals surface area contributed by atoms with Crippen molar-refractivity contribution in [3.8, 4) is 11.5 Å². The van der Waals surface area contributed by atoms with Gasteiger partial charge in [0, 0.05) is 5.56 Å². The van der Waals surface area contributed by atoms with Crippen LogP contribution in [-0.4, -0.2) is 11.6 Å². The number of hydrogen-bond acceptors (Lipinski definition) is 3. The third-order valence-corrected chi connectivity index (χ3v) is 4.28. The predicted octanol–water partition coefficient (Wildman–Crippen LogP) is 5.17. The molecule has 0 spiro atoms. The van der Waals surface area contributed by atoms with Gasteiger partial charge in [0.05, 0.1) is 11.4 Å². The highest BCUT2D eigenvalue weighted by Crippen LogP contribution is 2.30. The van der Waals surface area contributed by atoms with Gasteiger partial charge >= 0.3 is 0 Å². The SMILES string of the molecule is Cc1cccc(Oc2ccc(N=C3C(=O)Nc4c(C)cccc43)cc2)c1. The Morgan fingerprint density at radius 3 is 2.42 bits per heavy atom. The second-order valence-electron chi connectivity index (χ2n) is 6.32. The van der Waals surface area contributed by atoms with Crippen molar-refractivity contribution in [1.82, 2.24) is 0 Å². The molecular weight excluding hydrogens is 324 g/mol. The fourth-order valence-corrected chi connectivity index (χ4v) is 2.97. The minimum atomic E-state index is -0.172. The number of aliphatic imine (C=N–C) groups is 1. The van der Waals surface area contributed by atoms with Crippen LogP contribution in [0.25, 0.3) is 0 Å². The van der Waals surface area contributed by atoms with Crippen molar-refractivity contribution in [3.63, 3.8) is 0 Å². The number of carbonyl (C=O) groups is 1. The molecule has 1 amide bonds. The first-order valence-corrected chi connectivity index (χ1v) is 8.45. The molecule has 26 heavy (non-hydrogen) atoms. The average Bonchev–Trinajstić information content (AvgIpc) is 2.94. The number of carbonyl (C=O) groups excluding carboxylic acids is 1. The van der Waals surface area contributed by atoms with Crippen molar-refractivity contribution in [3.05, 3.63) is 83.4 Å². The summed E-state index contributed by atoms with van der Waals surface area (Å²) in [6.45, 7) is 4.00. The molecule has 0 fully saturated rings. The molecule has 0 saturated heterocycles. The predicted molar refractivity (Wildman–Crippen MR) is 104 cm³/mol. The number of benzene rings is 3. The Balaban J connectivity index is 1.59. The second kappa shape index (κ2) is 6.48. The van der Waals surface area contributed by atoms with Crippen molar-refractivity contribution in [2.45, 2.75) is 13.8 Å². The Morgan fingerprint density at radius 1 is 0.885 bits per heavy atom. The summed E-state index contributed by atoms with van der Waals surface area (Å²) in [5, 5.41) is 2.89. The molecule has 0 aliphatic carbocycles. The number of hydrogen-bond donors (Lipinski definition) is 1. The third-order valence-electron chi connectivity index (χ3n) is 4.28. The average molecular weight is 342 g/mol. The summed E-state index contributed by atoms with van der Waals surface area (Å²) >= 11 is 0. The van der Waals surface area contributed by atoms with E-state index in [0.717, 1.165) is 33.9 Å². The number of aryl methyl sites for hydroxylation is 2. The molecule has 3 aromatic carbocycles. The normalized spacial score (nSPS) is 14.2. The molecule has 1 N–H and O–H groups in total. The van der Waals surface area contributed by atoms with E-state index in [9.17, 15) is 4.79 Å². The smallest absolute Gasteiger partial charge is 0.275 e. The molecule has 1 heterocycles. The number of rotatable bonds is 3. The molecule has 3 aromatic rings. The summed E-state index contributed by atoms with van der Waals surface area (Å²) < 4.78 is 5.85. The van der Waals surface area contributed by atoms with E-state index < -0.39 is 0 Å². The van der Waals surface area contributed by atoms with Crippen LogP contribution in [0.1, 0.15) is 16.7 Å². The number of ether oxygens (including phenoxy) is 1. The van der Waals surface area contributed by atoms with Gasteiger partial charge in [-0.25, -0.2) is 4.99 Å². The molecule has 0 bridgehead atoms. The zero-order valence-corrected chi connectivity index (χ0v) is 14.6. The van der Waals surface area contributed by atoms with E-state index in [1.165, 1.54) is 0 Å². The summed E-state index contributed by atoms with van der Waals surface area (Å²) in [5.41, 5.74) is 5.01. The first kappa shape index (κ1) is 16.1. The van der Waals surface area contributed by atoms with E-state index in [0.29, 0.717) is 11.4 Å². The highest BCUT2D eigenvalue weighted by molar-refractivity contribution is 6.54. The van der Waals surface area contributed by atoms with Crippen LogP contribution in [-0.2, 0) is 4.79 Å². The van der Waals surface area contributed by atoms with Crippen molar-refractivity contribution in [1.29, 1.82) is 0 Å². The number of amides is 1. The van der Waals surface area contributed by atoms with Crippen molar-refractivity contribution < 1.29 is 9.53 Å². The van der Waals surface area contributed by atoms with Crippen LogP contribution in [0.5, 0.6) is 11.5 Å². The number of para-hydroxylation sites is 1. The van der Waals surface area contributed by atoms with E-state index in [1.54, 1.807) is 0 Å². The molecule has 0 aromatic heterocycles. The lowest BCUT2D eigenvalue weighted by Crippen LogP contribution is -2.13. The number of fused-ring (bicyclic) bond motifs is 1. The van der Waals surface area contributed by atoms with Crippen LogP contribution in [0.4, 0.5) is 11.4 Å². The van der Waals surface area contributed by atoms with E-state index in [4.69, 9.17) is 4.74 Å². The largest absolute Gasteiger partial charge is 0.457 e. The van der Waals surface area contributed by atoms with Gasteiger partial charge in [0.25, 0.3) is 5.91 Å². The molecule has 1 aliphatic rings. The van der Waals surface area contributed by atoms with Crippen LogP contribution >= 0.6 is 0 Å². The molecular formula is C22H18N2O2. The topological polar surface area (TPSA) is 50.7 Å². The monoisotopic (exact) mass is 342 g/mol. The lowest BCUT2D eigenvalue weighted by atomic mass is 10.1. The molecule has 4 heteroatoms. The van der Waals surface area contributed by atoms with Gasteiger partial charge in [0.2, 0.25) is 0 Å². The standard InChI is InChI=1S/C22H18N2O2/c1-14-5-3-7-18(13-14)26-17-11-9-16(10-12-17)23-21-19-8-4-6-15(2)20(19)24-22(21)25/h3-13H,1-2H3,(H,23,24,25). The van der Waals surface area contributed by atoms with Crippen molar-refractivity contribution in [2.24, 2.45) is 4.99 Å². The van der Waals surface area contributed by atoms with Gasteiger partial charge < -0.3 is 10.1 Å². The molecule has 4 rings (SSSR count). The fourth-order valence-electron chi connectivity index (χ4n) is 2.97. The highest BCUT2D eigenvalue weighted by atomic mass is 16.5. The van der Waals surface area contributed by atoms with Crippen LogP contribution in [0.3, 0.4) is 0 Å². The highest BCUT2D eigenvalue weighted by Gasteiger charge is 2.26. The van der Waals surface area contributed by atoms with Gasteiger partial charge in [0.15, 0.2) is 0 Å². The number of anilines is 1. The van der Waals surface area contributed by atoms with E-state index in [-0.39, 0.29) is 5.91 Å². The summed E-state index contributed by atoms with van der Waals surface area (Å²) in [4.78, 5) is 16.8. The fraction of sp³-hybridized carbons (Fsp3) is 0.0909. The Kier molecular flexibility index (Phi) is 4.01. The van der Waals surface area contributed by atoms with Crippen LogP contribution in [0.15, 0.2) is 71.7 Å². The first-order chi connectivity index (χ1) is 12.6. The van der Waals surface area contributed by atoms with Crippen molar-refractivity contribution >= 4 is 23.0 Å². The lowest BCUT2D eigenvalue weighted by molar-refractivity contribution is -0.110. The number of nitrogens with zero attached hydrogens (tertiary/aromatic N) is 1. The molecule has 0 saturated carbocycles. The molecule has 0 atom stereocenters. The van der Waals surface area contributed by atoms with Crippen molar-refractivity contribution in [2.75, 3.05) is 5.32 Å². The summed E-state index contributed by atoms with van der Waals surface area (Å²) in [6.07, 6.45) is 0. The zero-order valence-electron chi connectivity index (χ0n) is 14.6. The summed E-state index contributed by atoms with van der Waals surface area (Å²) in [5.74, 6) is 1.35. The Hall–Kier alpha value is -3.40. The molecule has 0 unspecified atom stereocenters.